The molecule has 3 aromatic carbocycles. The van der Waals surface area contributed by atoms with Crippen molar-refractivity contribution in [2.75, 3.05) is 26.6 Å². The van der Waals surface area contributed by atoms with Gasteiger partial charge in [-0.05, 0) is 35.9 Å². The fourth-order valence-electron chi connectivity index (χ4n) is 3.03. The number of ether oxygens (including phenoxy) is 4. The molecule has 0 unspecified atom stereocenters. The van der Waals surface area contributed by atoms with Gasteiger partial charge in [-0.1, -0.05) is 46.9 Å². The minimum absolute atomic E-state index is 0.179. The van der Waals surface area contributed by atoms with E-state index in [1.807, 2.05) is 0 Å². The number of halogens is 3. The SMILES string of the molecule is COc1cc(NC(=O)/C=C/c2ccc(OCc3c(Cl)cccc3Cl)c(OC)c2)c(OC)cc1Cl. The van der Waals surface area contributed by atoms with Crippen molar-refractivity contribution < 1.29 is 23.7 Å². The van der Waals surface area contributed by atoms with Gasteiger partial charge in [0.05, 0.1) is 32.0 Å². The normalized spacial score (nSPS) is 10.8. The van der Waals surface area contributed by atoms with Crippen LogP contribution >= 0.6 is 34.8 Å². The predicted octanol–water partition coefficient (Wildman–Crippen LogP) is 6.90. The van der Waals surface area contributed by atoms with E-state index in [-0.39, 0.29) is 12.5 Å². The summed E-state index contributed by atoms with van der Waals surface area (Å²) in [6.45, 7) is 0.179. The molecule has 0 aliphatic heterocycles. The van der Waals surface area contributed by atoms with Crippen molar-refractivity contribution in [1.82, 2.24) is 0 Å². The van der Waals surface area contributed by atoms with Gasteiger partial charge in [-0.25, -0.2) is 0 Å². The Hall–Kier alpha value is -3.06. The number of rotatable bonds is 9. The third-order valence-electron chi connectivity index (χ3n) is 4.78. The van der Waals surface area contributed by atoms with E-state index in [1.54, 1.807) is 54.6 Å². The van der Waals surface area contributed by atoms with Crippen LogP contribution in [-0.4, -0.2) is 27.2 Å². The summed E-state index contributed by atoms with van der Waals surface area (Å²) in [4.78, 5) is 12.5. The van der Waals surface area contributed by atoms with Crippen LogP contribution in [0.3, 0.4) is 0 Å². The van der Waals surface area contributed by atoms with Crippen molar-refractivity contribution in [1.29, 1.82) is 0 Å². The van der Waals surface area contributed by atoms with Crippen LogP contribution in [0.25, 0.3) is 6.08 Å². The molecule has 0 aliphatic carbocycles. The van der Waals surface area contributed by atoms with Gasteiger partial charge in [0, 0.05) is 33.8 Å². The van der Waals surface area contributed by atoms with E-state index in [2.05, 4.69) is 5.32 Å². The third kappa shape index (κ3) is 6.29. The average molecular weight is 523 g/mol. The summed E-state index contributed by atoms with van der Waals surface area (Å²) < 4.78 is 21.8. The fraction of sp³-hybridized carbons (Fsp3) is 0.160. The van der Waals surface area contributed by atoms with Gasteiger partial charge in [0.2, 0.25) is 5.91 Å². The van der Waals surface area contributed by atoms with Crippen molar-refractivity contribution in [2.24, 2.45) is 0 Å². The van der Waals surface area contributed by atoms with Crippen molar-refractivity contribution in [3.63, 3.8) is 0 Å². The Balaban J connectivity index is 1.71. The lowest BCUT2D eigenvalue weighted by Gasteiger charge is -2.13. The van der Waals surface area contributed by atoms with Crippen LogP contribution in [0.5, 0.6) is 23.0 Å². The Morgan fingerprint density at radius 3 is 2.15 bits per heavy atom. The van der Waals surface area contributed by atoms with E-state index in [9.17, 15) is 4.79 Å². The summed E-state index contributed by atoms with van der Waals surface area (Å²) >= 11 is 18.5. The van der Waals surface area contributed by atoms with Crippen LogP contribution in [-0.2, 0) is 11.4 Å². The molecule has 6 nitrogen and oxygen atoms in total. The Bertz CT molecular complexity index is 1190. The van der Waals surface area contributed by atoms with Crippen molar-refractivity contribution in [3.05, 3.63) is 80.8 Å². The van der Waals surface area contributed by atoms with Gasteiger partial charge in [0.1, 0.15) is 18.1 Å². The lowest BCUT2D eigenvalue weighted by atomic mass is 10.2. The summed E-state index contributed by atoms with van der Waals surface area (Å²) in [5.41, 5.74) is 1.84. The number of benzene rings is 3. The number of amides is 1. The summed E-state index contributed by atoms with van der Waals surface area (Å²) in [5.74, 6) is 1.47. The zero-order chi connectivity index (χ0) is 24.7. The quantitative estimate of drug-likeness (QED) is 0.310. The number of carbonyl (C=O) groups excluding carboxylic acids is 1. The van der Waals surface area contributed by atoms with Gasteiger partial charge in [0.25, 0.3) is 0 Å². The number of anilines is 1. The molecule has 1 N–H and O–H groups in total. The van der Waals surface area contributed by atoms with E-state index < -0.39 is 0 Å². The third-order valence-corrected chi connectivity index (χ3v) is 5.78. The first-order chi connectivity index (χ1) is 16.4. The molecule has 3 rings (SSSR count). The molecule has 1 amide bonds. The van der Waals surface area contributed by atoms with Gasteiger partial charge in [-0.3, -0.25) is 4.79 Å². The Morgan fingerprint density at radius 1 is 0.824 bits per heavy atom. The maximum Gasteiger partial charge on any atom is 0.248 e. The van der Waals surface area contributed by atoms with Crippen molar-refractivity contribution in [2.45, 2.75) is 6.61 Å². The second-order valence-corrected chi connectivity index (χ2v) is 8.13. The maximum atomic E-state index is 12.5. The zero-order valence-electron chi connectivity index (χ0n) is 18.7. The number of methoxy groups -OCH3 is 3. The van der Waals surface area contributed by atoms with Crippen LogP contribution in [0.2, 0.25) is 15.1 Å². The average Bonchev–Trinajstić information content (AvgIpc) is 2.83. The topological polar surface area (TPSA) is 66.0 Å². The van der Waals surface area contributed by atoms with E-state index in [0.29, 0.717) is 49.3 Å². The minimum atomic E-state index is -0.365. The van der Waals surface area contributed by atoms with E-state index in [1.165, 1.54) is 27.4 Å². The summed E-state index contributed by atoms with van der Waals surface area (Å²) in [7, 11) is 4.51. The van der Waals surface area contributed by atoms with E-state index in [0.717, 1.165) is 5.56 Å². The maximum absolute atomic E-state index is 12.5. The summed E-state index contributed by atoms with van der Waals surface area (Å²) in [5, 5.41) is 4.17. The Labute approximate surface area is 212 Å². The predicted molar refractivity (Wildman–Crippen MR) is 136 cm³/mol. The van der Waals surface area contributed by atoms with E-state index >= 15 is 0 Å². The van der Waals surface area contributed by atoms with Gasteiger partial charge in [-0.15, -0.1) is 0 Å². The molecule has 0 fully saturated rings. The highest BCUT2D eigenvalue weighted by atomic mass is 35.5. The molecule has 0 spiro atoms. The highest BCUT2D eigenvalue weighted by molar-refractivity contribution is 6.36. The molecule has 0 aliphatic rings. The first-order valence-corrected chi connectivity index (χ1v) is 11.1. The van der Waals surface area contributed by atoms with Gasteiger partial charge < -0.3 is 24.3 Å². The molecule has 0 atom stereocenters. The standard InChI is InChI=1S/C25H22Cl3NO5/c1-31-22-13-20(23(32-2)12-19(22)28)29-25(30)10-8-15-7-9-21(24(11-15)33-3)34-14-16-17(26)5-4-6-18(16)27/h4-13H,14H2,1-3H3,(H,29,30)/b10-8+. The van der Waals surface area contributed by atoms with Gasteiger partial charge in [0.15, 0.2) is 11.5 Å². The molecule has 0 saturated carbocycles. The molecule has 0 bridgehead atoms. The van der Waals surface area contributed by atoms with Crippen LogP contribution in [0.15, 0.2) is 54.6 Å². The molecular weight excluding hydrogens is 501 g/mol. The van der Waals surface area contributed by atoms with Crippen molar-refractivity contribution >= 4 is 52.5 Å². The van der Waals surface area contributed by atoms with Crippen LogP contribution in [0.1, 0.15) is 11.1 Å². The second-order valence-electron chi connectivity index (χ2n) is 6.91. The molecular formula is C25H22Cl3NO5. The smallest absolute Gasteiger partial charge is 0.248 e. The Kier molecular flexibility index (Phi) is 8.93. The van der Waals surface area contributed by atoms with Crippen LogP contribution < -0.4 is 24.3 Å². The molecule has 9 heteroatoms. The molecule has 0 heterocycles. The number of hydrogen-bond donors (Lipinski definition) is 1. The largest absolute Gasteiger partial charge is 0.495 e. The van der Waals surface area contributed by atoms with Crippen LogP contribution in [0.4, 0.5) is 5.69 Å². The fourth-order valence-corrected chi connectivity index (χ4v) is 3.77. The first kappa shape index (κ1) is 25.6. The molecule has 0 radical (unpaired) electrons. The lowest BCUT2D eigenvalue weighted by molar-refractivity contribution is -0.111. The van der Waals surface area contributed by atoms with Crippen LogP contribution in [0, 0.1) is 0 Å². The molecule has 178 valence electrons. The van der Waals surface area contributed by atoms with Gasteiger partial charge in [-0.2, -0.15) is 0 Å². The molecule has 0 saturated heterocycles. The summed E-state index contributed by atoms with van der Waals surface area (Å²) in [6.07, 6.45) is 3.03. The van der Waals surface area contributed by atoms with E-state index in [4.69, 9.17) is 53.8 Å². The molecule has 34 heavy (non-hydrogen) atoms. The number of carbonyl (C=O) groups is 1. The highest BCUT2D eigenvalue weighted by Gasteiger charge is 2.12. The van der Waals surface area contributed by atoms with Crippen molar-refractivity contribution in [3.8, 4) is 23.0 Å². The molecule has 0 aromatic heterocycles. The number of nitrogens with one attached hydrogen (secondary N) is 1. The first-order valence-electron chi connectivity index (χ1n) is 10.0. The summed E-state index contributed by atoms with van der Waals surface area (Å²) in [6, 6.07) is 13.7. The minimum Gasteiger partial charge on any atom is -0.495 e. The molecule has 3 aromatic rings. The highest BCUT2D eigenvalue weighted by Crippen LogP contribution is 2.36. The lowest BCUT2D eigenvalue weighted by Crippen LogP contribution is -2.09. The zero-order valence-corrected chi connectivity index (χ0v) is 20.9. The van der Waals surface area contributed by atoms with Gasteiger partial charge >= 0.3 is 0 Å². The Morgan fingerprint density at radius 2 is 1.50 bits per heavy atom. The number of hydrogen-bond acceptors (Lipinski definition) is 5. The second kappa shape index (κ2) is 11.9. The monoisotopic (exact) mass is 521 g/mol.